The smallest absolute Gasteiger partial charge is 0.184 e. The standard InChI is InChI=1S/C10H10N2OS/c1-2-5-11-10-12-8-4-3-7(13)6-9(8)14-10/h2-4,6,13H,1,5H2,(H,11,12). The lowest BCUT2D eigenvalue weighted by Crippen LogP contribution is -1.95. The summed E-state index contributed by atoms with van der Waals surface area (Å²) < 4.78 is 0.983. The van der Waals surface area contributed by atoms with Crippen LogP contribution in [0, 0.1) is 0 Å². The Morgan fingerprint density at radius 1 is 1.57 bits per heavy atom. The molecule has 0 atom stereocenters. The third kappa shape index (κ3) is 1.70. The number of phenolic OH excluding ortho intramolecular Hbond substituents is 1. The van der Waals surface area contributed by atoms with Crippen LogP contribution >= 0.6 is 11.3 Å². The Morgan fingerprint density at radius 3 is 3.21 bits per heavy atom. The van der Waals surface area contributed by atoms with Crippen LogP contribution in [0.4, 0.5) is 5.13 Å². The molecule has 0 aliphatic rings. The molecule has 1 aromatic carbocycles. The molecular formula is C10H10N2OS. The molecule has 0 bridgehead atoms. The Balaban J connectivity index is 2.36. The van der Waals surface area contributed by atoms with E-state index in [4.69, 9.17) is 0 Å². The van der Waals surface area contributed by atoms with Gasteiger partial charge in [-0.25, -0.2) is 4.98 Å². The zero-order valence-corrected chi connectivity index (χ0v) is 8.34. The number of hydrogen-bond acceptors (Lipinski definition) is 4. The summed E-state index contributed by atoms with van der Waals surface area (Å²) in [4.78, 5) is 4.34. The van der Waals surface area contributed by atoms with Crippen molar-refractivity contribution in [2.45, 2.75) is 0 Å². The highest BCUT2D eigenvalue weighted by Crippen LogP contribution is 2.28. The number of nitrogens with one attached hydrogen (secondary N) is 1. The number of rotatable bonds is 3. The number of aromatic nitrogens is 1. The van der Waals surface area contributed by atoms with E-state index in [0.717, 1.165) is 15.3 Å². The fourth-order valence-corrected chi connectivity index (χ4v) is 2.05. The molecule has 72 valence electrons. The lowest BCUT2D eigenvalue weighted by atomic mass is 10.3. The average molecular weight is 206 g/mol. The minimum absolute atomic E-state index is 0.274. The van der Waals surface area contributed by atoms with E-state index in [1.165, 1.54) is 11.3 Å². The van der Waals surface area contributed by atoms with Crippen molar-refractivity contribution in [3.05, 3.63) is 30.9 Å². The molecule has 1 heterocycles. The topological polar surface area (TPSA) is 45.2 Å². The summed E-state index contributed by atoms with van der Waals surface area (Å²) in [6, 6.07) is 5.16. The number of thiazole rings is 1. The molecule has 2 N–H and O–H groups in total. The summed E-state index contributed by atoms with van der Waals surface area (Å²) in [5, 5.41) is 13.2. The molecule has 3 nitrogen and oxygen atoms in total. The molecule has 0 unspecified atom stereocenters. The van der Waals surface area contributed by atoms with Crippen molar-refractivity contribution < 1.29 is 5.11 Å². The van der Waals surface area contributed by atoms with Gasteiger partial charge in [0.25, 0.3) is 0 Å². The fraction of sp³-hybridized carbons (Fsp3) is 0.100. The summed E-state index contributed by atoms with van der Waals surface area (Å²) in [5.74, 6) is 0.274. The van der Waals surface area contributed by atoms with Crippen LogP contribution in [0.1, 0.15) is 0 Å². The lowest BCUT2D eigenvalue weighted by molar-refractivity contribution is 0.476. The molecule has 0 radical (unpaired) electrons. The molecule has 2 aromatic rings. The second-order valence-corrected chi connectivity index (χ2v) is 3.87. The molecule has 0 saturated heterocycles. The van der Waals surface area contributed by atoms with Gasteiger partial charge < -0.3 is 10.4 Å². The molecule has 14 heavy (non-hydrogen) atoms. The predicted molar refractivity (Wildman–Crippen MR) is 60.0 cm³/mol. The molecular weight excluding hydrogens is 196 g/mol. The highest BCUT2D eigenvalue weighted by molar-refractivity contribution is 7.22. The summed E-state index contributed by atoms with van der Waals surface area (Å²) >= 11 is 1.52. The summed E-state index contributed by atoms with van der Waals surface area (Å²) in [5.41, 5.74) is 0.902. The van der Waals surface area contributed by atoms with E-state index in [0.29, 0.717) is 6.54 Å². The Labute approximate surface area is 85.7 Å². The maximum Gasteiger partial charge on any atom is 0.184 e. The van der Waals surface area contributed by atoms with Crippen LogP contribution < -0.4 is 5.32 Å². The van der Waals surface area contributed by atoms with Crippen LogP contribution in [0.2, 0.25) is 0 Å². The maximum atomic E-state index is 9.26. The molecule has 0 saturated carbocycles. The Morgan fingerprint density at radius 2 is 2.43 bits per heavy atom. The van der Waals surface area contributed by atoms with Gasteiger partial charge in [0, 0.05) is 6.54 Å². The first kappa shape index (κ1) is 9.02. The molecule has 2 rings (SSSR count). The van der Waals surface area contributed by atoms with Gasteiger partial charge in [-0.3, -0.25) is 0 Å². The number of nitrogens with zero attached hydrogens (tertiary/aromatic N) is 1. The first-order chi connectivity index (χ1) is 6.79. The van der Waals surface area contributed by atoms with Gasteiger partial charge in [0.05, 0.1) is 10.2 Å². The molecule has 0 aliphatic carbocycles. The Hall–Kier alpha value is -1.55. The number of hydrogen-bond donors (Lipinski definition) is 2. The van der Waals surface area contributed by atoms with E-state index in [9.17, 15) is 5.11 Å². The van der Waals surface area contributed by atoms with E-state index in [1.54, 1.807) is 24.3 Å². The number of anilines is 1. The average Bonchev–Trinajstić information content (AvgIpc) is 2.56. The van der Waals surface area contributed by atoms with Gasteiger partial charge in [0.2, 0.25) is 0 Å². The molecule has 0 amide bonds. The van der Waals surface area contributed by atoms with Gasteiger partial charge in [-0.15, -0.1) is 6.58 Å². The fourth-order valence-electron chi connectivity index (χ4n) is 1.15. The van der Waals surface area contributed by atoms with Gasteiger partial charge in [0.1, 0.15) is 5.75 Å². The second-order valence-electron chi connectivity index (χ2n) is 2.84. The van der Waals surface area contributed by atoms with Crippen molar-refractivity contribution in [1.82, 2.24) is 4.98 Å². The summed E-state index contributed by atoms with van der Waals surface area (Å²) in [6.07, 6.45) is 1.78. The van der Waals surface area contributed by atoms with Crippen LogP contribution in [-0.2, 0) is 0 Å². The molecule has 4 heteroatoms. The van der Waals surface area contributed by atoms with Crippen LogP contribution in [-0.4, -0.2) is 16.6 Å². The van der Waals surface area contributed by atoms with Crippen LogP contribution in [0.5, 0.6) is 5.75 Å². The van der Waals surface area contributed by atoms with Gasteiger partial charge >= 0.3 is 0 Å². The molecule has 0 spiro atoms. The zero-order valence-electron chi connectivity index (χ0n) is 7.53. The van der Waals surface area contributed by atoms with Gasteiger partial charge in [-0.05, 0) is 18.2 Å². The highest BCUT2D eigenvalue weighted by Gasteiger charge is 2.02. The van der Waals surface area contributed by atoms with E-state index in [1.807, 2.05) is 0 Å². The van der Waals surface area contributed by atoms with Crippen molar-refractivity contribution >= 4 is 26.7 Å². The van der Waals surface area contributed by atoms with Crippen LogP contribution in [0.15, 0.2) is 30.9 Å². The van der Waals surface area contributed by atoms with Crippen molar-refractivity contribution in [3.63, 3.8) is 0 Å². The van der Waals surface area contributed by atoms with E-state index in [2.05, 4.69) is 16.9 Å². The van der Waals surface area contributed by atoms with Crippen molar-refractivity contribution in [3.8, 4) is 5.75 Å². The van der Waals surface area contributed by atoms with E-state index >= 15 is 0 Å². The number of fused-ring (bicyclic) bond motifs is 1. The normalized spacial score (nSPS) is 10.3. The monoisotopic (exact) mass is 206 g/mol. The number of phenols is 1. The maximum absolute atomic E-state index is 9.26. The van der Waals surface area contributed by atoms with E-state index in [-0.39, 0.29) is 5.75 Å². The Kier molecular flexibility index (Phi) is 2.37. The minimum atomic E-state index is 0.274. The lowest BCUT2D eigenvalue weighted by Gasteiger charge is -1.93. The number of benzene rings is 1. The number of aromatic hydroxyl groups is 1. The SMILES string of the molecule is C=CCNc1nc2ccc(O)cc2s1. The van der Waals surface area contributed by atoms with Crippen molar-refractivity contribution in [1.29, 1.82) is 0 Å². The third-order valence-electron chi connectivity index (χ3n) is 1.77. The molecule has 1 aromatic heterocycles. The highest BCUT2D eigenvalue weighted by atomic mass is 32.1. The largest absolute Gasteiger partial charge is 0.508 e. The zero-order chi connectivity index (χ0) is 9.97. The van der Waals surface area contributed by atoms with Crippen LogP contribution in [0.3, 0.4) is 0 Å². The second kappa shape index (κ2) is 3.67. The summed E-state index contributed by atoms with van der Waals surface area (Å²) in [7, 11) is 0. The Bertz CT molecular complexity index is 464. The van der Waals surface area contributed by atoms with Crippen LogP contribution in [0.25, 0.3) is 10.2 Å². The molecule has 0 fully saturated rings. The van der Waals surface area contributed by atoms with Gasteiger partial charge in [-0.1, -0.05) is 17.4 Å². The third-order valence-corrected chi connectivity index (χ3v) is 2.75. The van der Waals surface area contributed by atoms with E-state index < -0.39 is 0 Å². The quantitative estimate of drug-likeness (QED) is 0.759. The predicted octanol–water partition coefficient (Wildman–Crippen LogP) is 2.60. The summed E-state index contributed by atoms with van der Waals surface area (Å²) in [6.45, 7) is 4.32. The minimum Gasteiger partial charge on any atom is -0.508 e. The van der Waals surface area contributed by atoms with Crippen molar-refractivity contribution in [2.75, 3.05) is 11.9 Å². The van der Waals surface area contributed by atoms with Crippen molar-refractivity contribution in [2.24, 2.45) is 0 Å². The first-order valence-corrected chi connectivity index (χ1v) is 5.05. The van der Waals surface area contributed by atoms with Gasteiger partial charge in [-0.2, -0.15) is 0 Å². The molecule has 0 aliphatic heterocycles. The first-order valence-electron chi connectivity index (χ1n) is 4.24. The van der Waals surface area contributed by atoms with Gasteiger partial charge in [0.15, 0.2) is 5.13 Å².